The number of allylic oxidation sites excluding steroid dienone is 2. The Bertz CT molecular complexity index is 487. The van der Waals surface area contributed by atoms with Gasteiger partial charge in [-0.3, -0.25) is 0 Å². The van der Waals surface area contributed by atoms with Gasteiger partial charge in [-0.25, -0.2) is 14.9 Å². The van der Waals surface area contributed by atoms with E-state index >= 15 is 0 Å². The van der Waals surface area contributed by atoms with Crippen molar-refractivity contribution in [3.63, 3.8) is 0 Å². The second-order valence-corrected chi connectivity index (χ2v) is 6.52. The summed E-state index contributed by atoms with van der Waals surface area (Å²) in [5.74, 6) is 0.999. The average Bonchev–Trinajstić information content (AvgIpc) is 2.92. The van der Waals surface area contributed by atoms with Crippen molar-refractivity contribution in [2.24, 2.45) is 0 Å². The molecule has 1 N–H and O–H groups in total. The molecule has 0 spiro atoms. The Morgan fingerprint density at radius 2 is 2.09 bits per heavy atom. The van der Waals surface area contributed by atoms with E-state index < -0.39 is 0 Å². The maximum atomic E-state index is 6.07. The van der Waals surface area contributed by atoms with Crippen LogP contribution < -0.4 is 9.98 Å². The zero-order chi connectivity index (χ0) is 15.4. The molecule has 1 atom stereocenters. The van der Waals surface area contributed by atoms with Crippen molar-refractivity contribution in [3.8, 4) is 0 Å². The van der Waals surface area contributed by atoms with E-state index in [1.165, 1.54) is 37.2 Å². The van der Waals surface area contributed by atoms with Crippen LogP contribution in [0.1, 0.15) is 39.5 Å². The summed E-state index contributed by atoms with van der Waals surface area (Å²) in [5, 5.41) is 3.52. The minimum Gasteiger partial charge on any atom is -0.373 e. The van der Waals surface area contributed by atoms with Gasteiger partial charge in [-0.15, -0.1) is 0 Å². The molecular weight excluding hydrogens is 276 g/mol. The minimum absolute atomic E-state index is 0.294. The van der Waals surface area contributed by atoms with Crippen LogP contribution in [-0.2, 0) is 4.74 Å². The first-order chi connectivity index (χ1) is 10.8. The molecule has 5 heteroatoms. The topological polar surface area (TPSA) is 41.8 Å². The lowest BCUT2D eigenvalue weighted by atomic mass is 10.2. The summed E-state index contributed by atoms with van der Waals surface area (Å²) in [7, 11) is 0. The van der Waals surface area contributed by atoms with Crippen LogP contribution in [0, 0.1) is 0 Å². The number of nitrogens with zero attached hydrogens (tertiary/aromatic N) is 3. The third-order valence-corrected chi connectivity index (χ3v) is 4.78. The summed E-state index contributed by atoms with van der Waals surface area (Å²) in [6.45, 7) is 10.6. The molecule has 1 unspecified atom stereocenters. The van der Waals surface area contributed by atoms with Gasteiger partial charge in [0.1, 0.15) is 6.10 Å². The summed E-state index contributed by atoms with van der Waals surface area (Å²) in [6.07, 6.45) is 7.05. The number of hydrogen-bond donors (Lipinski definition) is 1. The van der Waals surface area contributed by atoms with Crippen molar-refractivity contribution in [2.75, 3.05) is 39.3 Å². The van der Waals surface area contributed by atoms with Gasteiger partial charge in [0, 0.05) is 18.5 Å². The van der Waals surface area contributed by atoms with Gasteiger partial charge in [-0.2, -0.15) is 0 Å². The summed E-state index contributed by atoms with van der Waals surface area (Å²) in [6, 6.07) is 0. The van der Waals surface area contributed by atoms with Gasteiger partial charge in [0.25, 0.3) is 0 Å². The molecule has 0 aromatic rings. The lowest BCUT2D eigenvalue weighted by Crippen LogP contribution is -2.48. The fourth-order valence-electron chi connectivity index (χ4n) is 3.48. The Kier molecular flexibility index (Phi) is 5.19. The van der Waals surface area contributed by atoms with Crippen molar-refractivity contribution in [1.82, 2.24) is 19.8 Å². The van der Waals surface area contributed by atoms with Crippen LogP contribution in [0.5, 0.6) is 0 Å². The average molecular weight is 305 g/mol. The van der Waals surface area contributed by atoms with Crippen molar-refractivity contribution >= 4 is 12.2 Å². The van der Waals surface area contributed by atoms with E-state index in [1.807, 2.05) is 6.21 Å². The Hall–Kier alpha value is -1.29. The molecule has 0 radical (unpaired) electrons. The molecule has 122 valence electrons. The van der Waals surface area contributed by atoms with E-state index in [4.69, 9.17) is 4.74 Å². The second-order valence-electron chi connectivity index (χ2n) is 6.52. The second kappa shape index (κ2) is 7.32. The molecule has 0 aromatic carbocycles. The Morgan fingerprint density at radius 1 is 1.27 bits per heavy atom. The van der Waals surface area contributed by atoms with E-state index in [1.54, 1.807) is 0 Å². The molecular formula is C17H29N4O+. The normalized spacial score (nSPS) is 26.9. The predicted molar refractivity (Wildman–Crippen MR) is 90.9 cm³/mol. The Labute approximate surface area is 133 Å². The molecule has 5 nitrogen and oxygen atoms in total. The van der Waals surface area contributed by atoms with Gasteiger partial charge in [0.15, 0.2) is 6.21 Å². The predicted octanol–water partition coefficient (Wildman–Crippen LogP) is 0.954. The van der Waals surface area contributed by atoms with Gasteiger partial charge in [0.05, 0.1) is 25.4 Å². The Morgan fingerprint density at radius 3 is 2.86 bits per heavy atom. The SMILES string of the molecule is CCC1=C(C)C=[N+]=C(N2CCCOC(CN3CCCC3)C2)N1. The third kappa shape index (κ3) is 3.72. The van der Waals surface area contributed by atoms with Gasteiger partial charge in [-0.1, -0.05) is 6.92 Å². The number of rotatable bonds is 3. The molecule has 3 rings (SSSR count). The lowest BCUT2D eigenvalue weighted by molar-refractivity contribution is 0.0371. The van der Waals surface area contributed by atoms with Crippen LogP contribution in [0.3, 0.4) is 0 Å². The number of hydrogen-bond acceptors (Lipinski definition) is 4. The first-order valence-corrected chi connectivity index (χ1v) is 8.73. The van der Waals surface area contributed by atoms with E-state index in [0.29, 0.717) is 6.10 Å². The highest BCUT2D eigenvalue weighted by Gasteiger charge is 2.30. The quantitative estimate of drug-likeness (QED) is 0.789. The van der Waals surface area contributed by atoms with Crippen molar-refractivity contribution in [2.45, 2.75) is 45.6 Å². The van der Waals surface area contributed by atoms with Crippen LogP contribution in [0.2, 0.25) is 0 Å². The van der Waals surface area contributed by atoms with Gasteiger partial charge in [-0.05, 0) is 39.3 Å². The monoisotopic (exact) mass is 305 g/mol. The smallest absolute Gasteiger partial charge is 0.373 e. The maximum Gasteiger partial charge on any atom is 0.445 e. The fraction of sp³-hybridized carbons (Fsp3) is 0.765. The highest BCUT2D eigenvalue weighted by atomic mass is 16.5. The molecule has 0 aliphatic carbocycles. The first-order valence-electron chi connectivity index (χ1n) is 8.73. The molecule has 22 heavy (non-hydrogen) atoms. The molecule has 2 fully saturated rings. The molecule has 0 bridgehead atoms. The minimum atomic E-state index is 0.294. The Balaban J connectivity index is 1.64. The van der Waals surface area contributed by atoms with E-state index in [-0.39, 0.29) is 0 Å². The molecule has 0 amide bonds. The summed E-state index contributed by atoms with van der Waals surface area (Å²) in [4.78, 5) is 4.91. The first kappa shape index (κ1) is 15.6. The number of guanidine groups is 1. The van der Waals surface area contributed by atoms with Gasteiger partial charge >= 0.3 is 5.96 Å². The van der Waals surface area contributed by atoms with Gasteiger partial charge < -0.3 is 9.64 Å². The van der Waals surface area contributed by atoms with E-state index in [2.05, 4.69) is 33.6 Å². The van der Waals surface area contributed by atoms with Crippen molar-refractivity contribution in [3.05, 3.63) is 11.3 Å². The molecule has 3 heterocycles. The van der Waals surface area contributed by atoms with Crippen LogP contribution in [0.25, 0.3) is 0 Å². The number of ether oxygens (including phenoxy) is 1. The van der Waals surface area contributed by atoms with Crippen LogP contribution in [-0.4, -0.2) is 67.4 Å². The zero-order valence-electron chi connectivity index (χ0n) is 14.0. The molecule has 0 aromatic heterocycles. The van der Waals surface area contributed by atoms with Crippen LogP contribution in [0.4, 0.5) is 0 Å². The van der Waals surface area contributed by atoms with Crippen LogP contribution >= 0.6 is 0 Å². The van der Waals surface area contributed by atoms with Gasteiger partial charge in [0.2, 0.25) is 0 Å². The highest BCUT2D eigenvalue weighted by molar-refractivity contribution is 5.92. The van der Waals surface area contributed by atoms with E-state index in [0.717, 1.165) is 45.0 Å². The summed E-state index contributed by atoms with van der Waals surface area (Å²) >= 11 is 0. The maximum absolute atomic E-state index is 6.07. The van der Waals surface area contributed by atoms with Crippen LogP contribution in [0.15, 0.2) is 11.3 Å². The number of nitrogens with one attached hydrogen (secondary N) is 1. The summed E-state index contributed by atoms with van der Waals surface area (Å²) in [5.41, 5.74) is 2.53. The summed E-state index contributed by atoms with van der Waals surface area (Å²) < 4.78 is 10.7. The highest BCUT2D eigenvalue weighted by Crippen LogP contribution is 2.13. The molecule has 3 aliphatic rings. The van der Waals surface area contributed by atoms with E-state index in [9.17, 15) is 0 Å². The van der Waals surface area contributed by atoms with Crippen molar-refractivity contribution < 1.29 is 4.74 Å². The zero-order valence-corrected chi connectivity index (χ0v) is 14.0. The molecule has 3 aliphatic heterocycles. The standard InChI is InChI=1S/C17H28N4O/c1-3-16-14(2)11-18-17(19-16)21-9-6-10-22-15(13-21)12-20-7-4-5-8-20/h11,15H,3-10,12-13H2,1-2H3/p+1. The number of likely N-dealkylation sites (tertiary alicyclic amines) is 1. The molecule has 2 saturated heterocycles. The molecule has 0 saturated carbocycles. The largest absolute Gasteiger partial charge is 0.445 e. The fourth-order valence-corrected chi connectivity index (χ4v) is 3.48. The van der Waals surface area contributed by atoms with Crippen molar-refractivity contribution in [1.29, 1.82) is 0 Å². The third-order valence-electron chi connectivity index (χ3n) is 4.78. The lowest BCUT2D eigenvalue weighted by Gasteiger charge is -2.24.